The Balaban J connectivity index is 2.06. The Morgan fingerprint density at radius 2 is 2.42 bits per heavy atom. The number of aromatic carboxylic acids is 1. The minimum Gasteiger partial charge on any atom is -0.497 e. The molecule has 0 aliphatic carbocycles. The van der Waals surface area contributed by atoms with Crippen molar-refractivity contribution < 1.29 is 19.4 Å². The van der Waals surface area contributed by atoms with Crippen LogP contribution in [0.1, 0.15) is 23.2 Å². The van der Waals surface area contributed by atoms with Crippen molar-refractivity contribution in [3.8, 4) is 5.75 Å². The number of ether oxygens (including phenoxy) is 2. The molecule has 0 saturated carbocycles. The van der Waals surface area contributed by atoms with Crippen LogP contribution in [0.4, 0.5) is 5.69 Å². The van der Waals surface area contributed by atoms with Gasteiger partial charge in [-0.3, -0.25) is 0 Å². The van der Waals surface area contributed by atoms with Crippen molar-refractivity contribution in [3.05, 3.63) is 36.1 Å². The highest BCUT2D eigenvalue weighted by Gasteiger charge is 2.13. The van der Waals surface area contributed by atoms with Crippen LogP contribution in [0.5, 0.6) is 5.75 Å². The molecule has 1 aliphatic rings. The van der Waals surface area contributed by atoms with E-state index in [1.54, 1.807) is 25.5 Å². The molecule has 2 rings (SSSR count). The maximum Gasteiger partial charge on any atom is 0.335 e. The van der Waals surface area contributed by atoms with Crippen molar-refractivity contribution in [3.63, 3.8) is 0 Å². The first-order chi connectivity index (χ1) is 9.20. The normalized spacial score (nSPS) is 17.6. The lowest BCUT2D eigenvalue weighted by Gasteiger charge is -2.21. The second kappa shape index (κ2) is 6.13. The molecule has 1 aromatic rings. The molecule has 1 atom stereocenters. The number of rotatable bonds is 5. The average molecular weight is 263 g/mol. The molecular formula is C14H17NO4. The molecule has 1 aliphatic heterocycles. The molecule has 0 fully saturated rings. The predicted octanol–water partition coefficient (Wildman–Crippen LogP) is 2.50. The third-order valence-corrected chi connectivity index (χ3v) is 2.99. The summed E-state index contributed by atoms with van der Waals surface area (Å²) in [6.45, 7) is 0.615. The summed E-state index contributed by atoms with van der Waals surface area (Å²) in [6, 6.07) is 4.74. The molecule has 0 spiro atoms. The number of anilines is 1. The Hall–Kier alpha value is -2.17. The molecule has 0 radical (unpaired) electrons. The zero-order valence-corrected chi connectivity index (χ0v) is 10.8. The standard InChI is InChI=1S/C14H17NO4/c1-18-13-6-5-10(14(16)17)8-12(13)15-9-11-4-2-3-7-19-11/h3,5-8,11,15H,2,4,9H2,1H3,(H,16,17). The molecule has 0 amide bonds. The largest absolute Gasteiger partial charge is 0.497 e. The quantitative estimate of drug-likeness (QED) is 0.854. The van der Waals surface area contributed by atoms with E-state index in [9.17, 15) is 4.79 Å². The number of benzene rings is 1. The van der Waals surface area contributed by atoms with E-state index >= 15 is 0 Å². The number of carbonyl (C=O) groups is 1. The Kier molecular flexibility index (Phi) is 4.28. The number of nitrogens with one attached hydrogen (secondary N) is 1. The molecule has 102 valence electrons. The first kappa shape index (κ1) is 13.3. The Morgan fingerprint density at radius 3 is 3.05 bits per heavy atom. The number of hydrogen-bond donors (Lipinski definition) is 2. The molecule has 5 heteroatoms. The van der Waals surface area contributed by atoms with E-state index < -0.39 is 5.97 Å². The van der Waals surface area contributed by atoms with Gasteiger partial charge in [-0.2, -0.15) is 0 Å². The van der Waals surface area contributed by atoms with Crippen molar-refractivity contribution in [1.82, 2.24) is 0 Å². The summed E-state index contributed by atoms with van der Waals surface area (Å²) in [6.07, 6.45) is 5.74. The van der Waals surface area contributed by atoms with Crippen molar-refractivity contribution in [2.24, 2.45) is 0 Å². The van der Waals surface area contributed by atoms with Crippen LogP contribution in [0.3, 0.4) is 0 Å². The van der Waals surface area contributed by atoms with Gasteiger partial charge in [-0.1, -0.05) is 0 Å². The number of carboxylic acids is 1. The highest BCUT2D eigenvalue weighted by atomic mass is 16.5. The van der Waals surface area contributed by atoms with Gasteiger partial charge >= 0.3 is 5.97 Å². The second-order valence-corrected chi connectivity index (χ2v) is 4.31. The fourth-order valence-electron chi connectivity index (χ4n) is 1.94. The first-order valence-corrected chi connectivity index (χ1v) is 6.16. The molecule has 1 unspecified atom stereocenters. The predicted molar refractivity (Wildman–Crippen MR) is 71.7 cm³/mol. The second-order valence-electron chi connectivity index (χ2n) is 4.31. The molecule has 0 aromatic heterocycles. The maximum atomic E-state index is 11.0. The van der Waals surface area contributed by atoms with Gasteiger partial charge in [0.2, 0.25) is 0 Å². The lowest BCUT2D eigenvalue weighted by Crippen LogP contribution is -2.23. The van der Waals surface area contributed by atoms with E-state index in [1.807, 2.05) is 6.08 Å². The summed E-state index contributed by atoms with van der Waals surface area (Å²) in [4.78, 5) is 11.0. The minimum atomic E-state index is -0.956. The number of hydrogen-bond acceptors (Lipinski definition) is 4. The lowest BCUT2D eigenvalue weighted by atomic mass is 10.1. The van der Waals surface area contributed by atoms with Gasteiger partial charge in [0.25, 0.3) is 0 Å². The molecule has 19 heavy (non-hydrogen) atoms. The monoisotopic (exact) mass is 263 g/mol. The van der Waals surface area contributed by atoms with Crippen LogP contribution < -0.4 is 10.1 Å². The topological polar surface area (TPSA) is 67.8 Å². The van der Waals surface area contributed by atoms with Crippen LogP contribution in [0.2, 0.25) is 0 Å². The molecule has 0 saturated heterocycles. The smallest absolute Gasteiger partial charge is 0.335 e. The van der Waals surface area contributed by atoms with Crippen molar-refractivity contribution >= 4 is 11.7 Å². The highest BCUT2D eigenvalue weighted by Crippen LogP contribution is 2.26. The Bertz CT molecular complexity index is 484. The van der Waals surface area contributed by atoms with Crippen LogP contribution >= 0.6 is 0 Å². The van der Waals surface area contributed by atoms with Gasteiger partial charge in [0.05, 0.1) is 31.2 Å². The van der Waals surface area contributed by atoms with Crippen molar-refractivity contribution in [1.29, 1.82) is 0 Å². The summed E-state index contributed by atoms with van der Waals surface area (Å²) in [5.41, 5.74) is 0.897. The van der Waals surface area contributed by atoms with Crippen LogP contribution in [0.25, 0.3) is 0 Å². The van der Waals surface area contributed by atoms with E-state index in [-0.39, 0.29) is 11.7 Å². The van der Waals surface area contributed by atoms with Gasteiger partial charge in [-0.15, -0.1) is 0 Å². The van der Waals surface area contributed by atoms with E-state index in [0.717, 1.165) is 12.8 Å². The highest BCUT2D eigenvalue weighted by molar-refractivity contribution is 5.89. The van der Waals surface area contributed by atoms with E-state index in [2.05, 4.69) is 5.32 Å². The van der Waals surface area contributed by atoms with Crippen LogP contribution in [0, 0.1) is 0 Å². The van der Waals surface area contributed by atoms with Crippen molar-refractivity contribution in [2.75, 3.05) is 19.0 Å². The molecular weight excluding hydrogens is 246 g/mol. The van der Waals surface area contributed by atoms with Gasteiger partial charge < -0.3 is 19.9 Å². The zero-order chi connectivity index (χ0) is 13.7. The Labute approximate surface area is 111 Å². The first-order valence-electron chi connectivity index (χ1n) is 6.16. The van der Waals surface area contributed by atoms with Gasteiger partial charge in [-0.25, -0.2) is 4.79 Å². The summed E-state index contributed by atoms with van der Waals surface area (Å²) < 4.78 is 10.7. The molecule has 2 N–H and O–H groups in total. The van der Waals surface area contributed by atoms with Gasteiger partial charge in [0, 0.05) is 0 Å². The van der Waals surface area contributed by atoms with E-state index in [0.29, 0.717) is 18.0 Å². The maximum absolute atomic E-state index is 11.0. The molecule has 5 nitrogen and oxygen atoms in total. The summed E-state index contributed by atoms with van der Waals surface area (Å²) >= 11 is 0. The van der Waals surface area contributed by atoms with Crippen LogP contribution in [-0.4, -0.2) is 30.8 Å². The number of methoxy groups -OCH3 is 1. The van der Waals surface area contributed by atoms with Gasteiger partial charge in [0.1, 0.15) is 11.9 Å². The average Bonchev–Trinajstić information content (AvgIpc) is 2.45. The van der Waals surface area contributed by atoms with E-state index in [4.69, 9.17) is 14.6 Å². The summed E-state index contributed by atoms with van der Waals surface area (Å²) in [5.74, 6) is -0.334. The summed E-state index contributed by atoms with van der Waals surface area (Å²) in [5, 5.41) is 12.2. The number of carboxylic acid groups (broad SMARTS) is 1. The minimum absolute atomic E-state index is 0.100. The fourth-order valence-corrected chi connectivity index (χ4v) is 1.94. The van der Waals surface area contributed by atoms with Gasteiger partial charge in [-0.05, 0) is 37.1 Å². The van der Waals surface area contributed by atoms with Crippen LogP contribution in [0.15, 0.2) is 30.5 Å². The Morgan fingerprint density at radius 1 is 1.58 bits per heavy atom. The molecule has 1 aromatic carbocycles. The lowest BCUT2D eigenvalue weighted by molar-refractivity contribution is 0.0697. The molecule has 1 heterocycles. The summed E-state index contributed by atoms with van der Waals surface area (Å²) in [7, 11) is 1.56. The van der Waals surface area contributed by atoms with Gasteiger partial charge in [0.15, 0.2) is 0 Å². The third kappa shape index (κ3) is 3.40. The SMILES string of the molecule is COc1ccc(C(=O)O)cc1NCC1CCC=CO1. The number of allylic oxidation sites excluding steroid dienone is 1. The van der Waals surface area contributed by atoms with E-state index in [1.165, 1.54) is 6.07 Å². The third-order valence-electron chi connectivity index (χ3n) is 2.99. The fraction of sp³-hybridized carbons (Fsp3) is 0.357. The van der Waals surface area contributed by atoms with Crippen molar-refractivity contribution in [2.45, 2.75) is 18.9 Å². The van der Waals surface area contributed by atoms with Crippen LogP contribution in [-0.2, 0) is 4.74 Å². The molecule has 0 bridgehead atoms. The zero-order valence-electron chi connectivity index (χ0n) is 10.8.